The van der Waals surface area contributed by atoms with Crippen molar-refractivity contribution in [1.82, 2.24) is 9.97 Å². The van der Waals surface area contributed by atoms with E-state index >= 15 is 0 Å². The maximum atomic E-state index is 12.0. The summed E-state index contributed by atoms with van der Waals surface area (Å²) in [6.07, 6.45) is 1.63. The minimum atomic E-state index is -0.706. The summed E-state index contributed by atoms with van der Waals surface area (Å²) in [7, 11) is 0. The van der Waals surface area contributed by atoms with Gasteiger partial charge in [-0.25, -0.2) is 9.97 Å². The monoisotopic (exact) mass is 310 g/mol. The molecule has 20 heavy (non-hydrogen) atoms. The number of halogens is 2. The molecule has 7 heteroatoms. The van der Waals surface area contributed by atoms with Gasteiger partial charge in [0.05, 0.1) is 6.04 Å². The zero-order valence-electron chi connectivity index (χ0n) is 10.4. The van der Waals surface area contributed by atoms with E-state index in [2.05, 4.69) is 15.3 Å². The molecule has 3 N–H and O–H groups in total. The van der Waals surface area contributed by atoms with E-state index < -0.39 is 6.04 Å². The Balaban J connectivity index is 2.03. The lowest BCUT2D eigenvalue weighted by Gasteiger charge is -2.12. The number of rotatable bonds is 4. The molecule has 0 radical (unpaired) electrons. The van der Waals surface area contributed by atoms with Crippen LogP contribution < -0.4 is 11.1 Å². The molecule has 0 saturated heterocycles. The number of carbonyl (C=O) groups is 1. The van der Waals surface area contributed by atoms with Crippen LogP contribution in [0.25, 0.3) is 0 Å². The van der Waals surface area contributed by atoms with Gasteiger partial charge in [0.1, 0.15) is 11.3 Å². The van der Waals surface area contributed by atoms with Crippen LogP contribution >= 0.6 is 23.2 Å². The van der Waals surface area contributed by atoms with Crippen molar-refractivity contribution in [3.63, 3.8) is 0 Å². The maximum Gasteiger partial charge on any atom is 0.242 e. The molecule has 0 fully saturated rings. The van der Waals surface area contributed by atoms with Crippen LogP contribution in [0.4, 0.5) is 5.82 Å². The number of aromatic nitrogens is 2. The minimum absolute atomic E-state index is 0.0774. The fourth-order valence-electron chi connectivity index (χ4n) is 1.61. The molecule has 0 saturated carbocycles. The molecular formula is C13H12Cl2N4O. The molecule has 0 aliphatic carbocycles. The number of nitrogens with one attached hydrogen (secondary N) is 1. The Morgan fingerprint density at radius 2 is 1.95 bits per heavy atom. The zero-order chi connectivity index (χ0) is 14.5. The lowest BCUT2D eigenvalue weighted by Crippen LogP contribution is -2.37. The van der Waals surface area contributed by atoms with Crippen LogP contribution in [0.5, 0.6) is 0 Å². The Kier molecular flexibility index (Phi) is 4.89. The second-order valence-corrected chi connectivity index (χ2v) is 4.85. The van der Waals surface area contributed by atoms with E-state index in [4.69, 9.17) is 28.9 Å². The summed E-state index contributed by atoms with van der Waals surface area (Å²) >= 11 is 11.6. The van der Waals surface area contributed by atoms with Crippen LogP contribution in [0.15, 0.2) is 36.7 Å². The average Bonchev–Trinajstić information content (AvgIpc) is 2.45. The van der Waals surface area contributed by atoms with Crippen LogP contribution in [0.1, 0.15) is 5.56 Å². The number of benzene rings is 1. The lowest BCUT2D eigenvalue weighted by atomic mass is 10.1. The quantitative estimate of drug-likeness (QED) is 0.849. The molecule has 2 aromatic rings. The molecule has 104 valence electrons. The zero-order valence-corrected chi connectivity index (χ0v) is 11.9. The van der Waals surface area contributed by atoms with Crippen LogP contribution in [-0.2, 0) is 11.2 Å². The first-order valence-electron chi connectivity index (χ1n) is 5.84. The number of hydrogen-bond acceptors (Lipinski definition) is 4. The summed E-state index contributed by atoms with van der Waals surface area (Å²) < 4.78 is 0. The second kappa shape index (κ2) is 6.65. The van der Waals surface area contributed by atoms with E-state index in [0.29, 0.717) is 6.42 Å². The van der Waals surface area contributed by atoms with Crippen LogP contribution in [0.2, 0.25) is 10.2 Å². The van der Waals surface area contributed by atoms with E-state index in [9.17, 15) is 4.79 Å². The SMILES string of the molecule is N[C@@H](Cc1ccccc1)C(=O)Nc1ncnc(Cl)c1Cl. The van der Waals surface area contributed by atoms with Gasteiger partial charge in [-0.2, -0.15) is 0 Å². The third-order valence-corrected chi connectivity index (χ3v) is 3.37. The normalized spacial score (nSPS) is 11.9. The van der Waals surface area contributed by atoms with Gasteiger partial charge in [-0.1, -0.05) is 53.5 Å². The largest absolute Gasteiger partial charge is 0.320 e. The van der Waals surface area contributed by atoms with Gasteiger partial charge in [-0.3, -0.25) is 4.79 Å². The van der Waals surface area contributed by atoms with Crippen molar-refractivity contribution in [2.45, 2.75) is 12.5 Å². The highest BCUT2D eigenvalue weighted by Gasteiger charge is 2.17. The summed E-state index contributed by atoms with van der Waals surface area (Å²) in [5, 5.41) is 2.71. The molecule has 5 nitrogen and oxygen atoms in total. The molecule has 1 atom stereocenters. The molecular weight excluding hydrogens is 299 g/mol. The molecule has 1 aromatic heterocycles. The second-order valence-electron chi connectivity index (χ2n) is 4.11. The molecule has 0 spiro atoms. The maximum absolute atomic E-state index is 12.0. The highest BCUT2D eigenvalue weighted by atomic mass is 35.5. The number of amides is 1. The first-order valence-corrected chi connectivity index (χ1v) is 6.60. The number of nitrogens with zero attached hydrogens (tertiary/aromatic N) is 2. The Morgan fingerprint density at radius 3 is 2.65 bits per heavy atom. The molecule has 1 heterocycles. The van der Waals surface area contributed by atoms with Crippen LogP contribution in [0.3, 0.4) is 0 Å². The van der Waals surface area contributed by atoms with E-state index in [1.54, 1.807) is 0 Å². The molecule has 0 bridgehead atoms. The third kappa shape index (κ3) is 3.66. The predicted octanol–water partition coefficient (Wildman–Crippen LogP) is 2.29. The third-order valence-electron chi connectivity index (χ3n) is 2.62. The van der Waals surface area contributed by atoms with Gasteiger partial charge < -0.3 is 11.1 Å². The van der Waals surface area contributed by atoms with Gasteiger partial charge in [0.2, 0.25) is 5.91 Å². The number of anilines is 1. The molecule has 0 aliphatic rings. The fourth-order valence-corrected chi connectivity index (χ4v) is 1.88. The van der Waals surface area contributed by atoms with Crippen LogP contribution in [-0.4, -0.2) is 21.9 Å². The van der Waals surface area contributed by atoms with Crippen molar-refractivity contribution in [2.24, 2.45) is 5.73 Å². The summed E-state index contributed by atoms with van der Waals surface area (Å²) in [4.78, 5) is 19.5. The molecule has 0 aliphatic heterocycles. The van der Waals surface area contributed by atoms with E-state index in [-0.39, 0.29) is 21.9 Å². The molecule has 2 rings (SSSR count). The van der Waals surface area contributed by atoms with Gasteiger partial charge >= 0.3 is 0 Å². The number of hydrogen-bond donors (Lipinski definition) is 2. The van der Waals surface area contributed by atoms with Gasteiger partial charge in [0.25, 0.3) is 0 Å². The van der Waals surface area contributed by atoms with E-state index in [1.165, 1.54) is 6.33 Å². The van der Waals surface area contributed by atoms with Gasteiger partial charge in [0, 0.05) is 0 Å². The minimum Gasteiger partial charge on any atom is -0.320 e. The molecule has 0 unspecified atom stereocenters. The Labute approximate surface area is 126 Å². The standard InChI is InChI=1S/C13H12Cl2N4O/c14-10-11(15)17-7-18-12(10)19-13(20)9(16)6-8-4-2-1-3-5-8/h1-5,7,9H,6,16H2,(H,17,18,19,20)/t9-/m0/s1. The summed E-state index contributed by atoms with van der Waals surface area (Å²) in [5.74, 6) is -0.231. The Morgan fingerprint density at radius 1 is 1.25 bits per heavy atom. The predicted molar refractivity (Wildman–Crippen MR) is 78.8 cm³/mol. The molecule has 1 aromatic carbocycles. The highest BCUT2D eigenvalue weighted by Crippen LogP contribution is 2.25. The summed E-state index contributed by atoms with van der Waals surface area (Å²) in [6.45, 7) is 0. The van der Waals surface area contributed by atoms with Gasteiger partial charge in [-0.15, -0.1) is 0 Å². The average molecular weight is 311 g/mol. The van der Waals surface area contributed by atoms with Gasteiger partial charge in [-0.05, 0) is 12.0 Å². The first-order chi connectivity index (χ1) is 9.58. The fraction of sp³-hybridized carbons (Fsp3) is 0.154. The van der Waals surface area contributed by atoms with Gasteiger partial charge in [0.15, 0.2) is 11.0 Å². The number of nitrogens with two attached hydrogens (primary N) is 1. The van der Waals surface area contributed by atoms with Crippen molar-refractivity contribution < 1.29 is 4.79 Å². The van der Waals surface area contributed by atoms with Crippen molar-refractivity contribution in [3.05, 3.63) is 52.4 Å². The highest BCUT2D eigenvalue weighted by molar-refractivity contribution is 6.42. The summed E-state index contributed by atoms with van der Waals surface area (Å²) in [6, 6.07) is 8.78. The summed E-state index contributed by atoms with van der Waals surface area (Å²) in [5.41, 5.74) is 6.83. The Hall–Kier alpha value is -1.69. The first kappa shape index (κ1) is 14.7. The Bertz CT molecular complexity index is 607. The van der Waals surface area contributed by atoms with Crippen LogP contribution in [0, 0.1) is 0 Å². The van der Waals surface area contributed by atoms with E-state index in [1.807, 2.05) is 30.3 Å². The number of carbonyl (C=O) groups excluding carboxylic acids is 1. The van der Waals surface area contributed by atoms with Crippen molar-refractivity contribution in [3.8, 4) is 0 Å². The van der Waals surface area contributed by atoms with E-state index in [0.717, 1.165) is 5.56 Å². The van der Waals surface area contributed by atoms with Crippen molar-refractivity contribution in [2.75, 3.05) is 5.32 Å². The van der Waals surface area contributed by atoms with Crippen molar-refractivity contribution in [1.29, 1.82) is 0 Å². The lowest BCUT2D eigenvalue weighted by molar-refractivity contribution is -0.117. The smallest absolute Gasteiger partial charge is 0.242 e. The van der Waals surface area contributed by atoms with Crippen molar-refractivity contribution >= 4 is 34.9 Å². The topological polar surface area (TPSA) is 80.9 Å². The molecule has 1 amide bonds.